The first-order valence-electron chi connectivity index (χ1n) is 8.10. The normalized spacial score (nSPS) is 14.4. The van der Waals surface area contributed by atoms with Crippen LogP contribution < -0.4 is 10.1 Å². The lowest BCUT2D eigenvalue weighted by atomic mass is 9.99. The second-order valence-corrected chi connectivity index (χ2v) is 6.19. The molecule has 0 saturated carbocycles. The molecule has 1 N–H and O–H groups in total. The Morgan fingerprint density at radius 3 is 2.92 bits per heavy atom. The van der Waals surface area contributed by atoms with Crippen LogP contribution in [0.4, 0.5) is 11.6 Å². The number of rotatable bonds is 3. The number of aromatic nitrogens is 2. The molecular formula is C19H20N4O. The van der Waals surface area contributed by atoms with Crippen molar-refractivity contribution in [2.45, 2.75) is 13.0 Å². The van der Waals surface area contributed by atoms with Gasteiger partial charge in [-0.25, -0.2) is 9.97 Å². The maximum Gasteiger partial charge on any atom is 0.227 e. The molecule has 0 aliphatic carbocycles. The predicted molar refractivity (Wildman–Crippen MR) is 95.9 cm³/mol. The number of anilines is 2. The fourth-order valence-corrected chi connectivity index (χ4v) is 3.15. The summed E-state index contributed by atoms with van der Waals surface area (Å²) in [5.74, 6) is 1.41. The van der Waals surface area contributed by atoms with Gasteiger partial charge in [-0.1, -0.05) is 18.2 Å². The minimum Gasteiger partial charge on any atom is -0.495 e. The summed E-state index contributed by atoms with van der Waals surface area (Å²) in [6.07, 6.45) is 2.89. The molecule has 1 aliphatic heterocycles. The molecule has 0 spiro atoms. The molecule has 3 aromatic rings. The average molecular weight is 320 g/mol. The van der Waals surface area contributed by atoms with Crippen LogP contribution in [0.5, 0.6) is 5.75 Å². The third-order valence-corrected chi connectivity index (χ3v) is 4.46. The van der Waals surface area contributed by atoms with Crippen molar-refractivity contribution >= 4 is 22.5 Å². The molecule has 5 nitrogen and oxygen atoms in total. The van der Waals surface area contributed by atoms with Crippen LogP contribution in [0, 0.1) is 0 Å². The number of likely N-dealkylation sites (N-methyl/N-ethyl adjacent to an activating group) is 1. The molecule has 0 saturated heterocycles. The van der Waals surface area contributed by atoms with Gasteiger partial charge in [0.1, 0.15) is 5.75 Å². The van der Waals surface area contributed by atoms with Crippen molar-refractivity contribution in [3.05, 3.63) is 53.7 Å². The standard InChI is InChI=1S/C19H20N4O/c1-23-8-7-13-10-18(24-2)17(9-15(13)12-23)22-19-20-11-14-5-3-4-6-16(14)21-19/h3-6,9-11H,7-8,12H2,1-2H3,(H,20,21,22). The van der Waals surface area contributed by atoms with Gasteiger partial charge in [0, 0.05) is 24.7 Å². The maximum absolute atomic E-state index is 5.57. The number of para-hydroxylation sites is 1. The van der Waals surface area contributed by atoms with Crippen LogP contribution in [0.1, 0.15) is 11.1 Å². The van der Waals surface area contributed by atoms with Crippen molar-refractivity contribution in [3.8, 4) is 5.75 Å². The molecule has 0 bridgehead atoms. The Labute approximate surface area is 141 Å². The zero-order valence-electron chi connectivity index (χ0n) is 13.9. The summed E-state index contributed by atoms with van der Waals surface area (Å²) in [6, 6.07) is 12.2. The van der Waals surface area contributed by atoms with Crippen molar-refractivity contribution in [3.63, 3.8) is 0 Å². The molecule has 1 aromatic heterocycles. The summed E-state index contributed by atoms with van der Waals surface area (Å²) in [5.41, 5.74) is 4.51. The predicted octanol–water partition coefficient (Wildman–Crippen LogP) is 3.37. The van der Waals surface area contributed by atoms with Crippen LogP contribution in [-0.2, 0) is 13.0 Å². The van der Waals surface area contributed by atoms with E-state index in [0.29, 0.717) is 5.95 Å². The van der Waals surface area contributed by atoms with Gasteiger partial charge < -0.3 is 15.0 Å². The van der Waals surface area contributed by atoms with E-state index in [1.165, 1.54) is 11.1 Å². The van der Waals surface area contributed by atoms with Crippen molar-refractivity contribution in [2.75, 3.05) is 26.0 Å². The van der Waals surface area contributed by atoms with Gasteiger partial charge in [-0.3, -0.25) is 0 Å². The number of methoxy groups -OCH3 is 1. The van der Waals surface area contributed by atoms with E-state index in [-0.39, 0.29) is 0 Å². The van der Waals surface area contributed by atoms with Gasteiger partial charge in [0.2, 0.25) is 5.95 Å². The number of nitrogens with zero attached hydrogens (tertiary/aromatic N) is 3. The van der Waals surface area contributed by atoms with E-state index >= 15 is 0 Å². The van der Waals surface area contributed by atoms with E-state index in [0.717, 1.165) is 41.9 Å². The topological polar surface area (TPSA) is 50.3 Å². The fourth-order valence-electron chi connectivity index (χ4n) is 3.15. The van der Waals surface area contributed by atoms with Gasteiger partial charge in [-0.2, -0.15) is 0 Å². The van der Waals surface area contributed by atoms with E-state index in [4.69, 9.17) is 4.74 Å². The minimum atomic E-state index is 0.580. The SMILES string of the molecule is COc1cc2c(cc1Nc1ncc3ccccc3n1)CN(C)CC2. The first kappa shape index (κ1) is 14.9. The summed E-state index contributed by atoms with van der Waals surface area (Å²) in [6.45, 7) is 2.03. The highest BCUT2D eigenvalue weighted by Crippen LogP contribution is 2.33. The fraction of sp³-hybridized carbons (Fsp3) is 0.263. The second kappa shape index (κ2) is 6.09. The summed E-state index contributed by atoms with van der Waals surface area (Å²) in [5, 5.41) is 4.34. The van der Waals surface area contributed by atoms with E-state index in [1.54, 1.807) is 7.11 Å². The number of fused-ring (bicyclic) bond motifs is 2. The maximum atomic E-state index is 5.57. The lowest BCUT2D eigenvalue weighted by Crippen LogP contribution is -2.26. The molecule has 1 aliphatic rings. The summed E-state index contributed by atoms with van der Waals surface area (Å²) in [4.78, 5) is 11.3. The molecule has 24 heavy (non-hydrogen) atoms. The van der Waals surface area contributed by atoms with Crippen LogP contribution in [0.2, 0.25) is 0 Å². The summed E-state index contributed by atoms with van der Waals surface area (Å²) < 4.78 is 5.57. The van der Waals surface area contributed by atoms with Gasteiger partial charge >= 0.3 is 0 Å². The van der Waals surface area contributed by atoms with E-state index in [1.807, 2.05) is 30.5 Å². The molecule has 2 heterocycles. The molecule has 4 rings (SSSR count). The number of hydrogen-bond acceptors (Lipinski definition) is 5. The smallest absolute Gasteiger partial charge is 0.227 e. The lowest BCUT2D eigenvalue weighted by molar-refractivity contribution is 0.312. The summed E-state index contributed by atoms with van der Waals surface area (Å²) in [7, 11) is 3.84. The molecule has 2 aromatic carbocycles. The Morgan fingerprint density at radius 1 is 1.17 bits per heavy atom. The molecule has 0 radical (unpaired) electrons. The van der Waals surface area contributed by atoms with Crippen molar-refractivity contribution in [1.82, 2.24) is 14.9 Å². The molecule has 0 atom stereocenters. The first-order chi connectivity index (χ1) is 11.7. The number of nitrogens with one attached hydrogen (secondary N) is 1. The highest BCUT2D eigenvalue weighted by molar-refractivity contribution is 5.79. The molecular weight excluding hydrogens is 300 g/mol. The molecule has 5 heteroatoms. The van der Waals surface area contributed by atoms with Gasteiger partial charge in [0.25, 0.3) is 0 Å². The first-order valence-corrected chi connectivity index (χ1v) is 8.10. The minimum absolute atomic E-state index is 0.580. The van der Waals surface area contributed by atoms with Crippen molar-refractivity contribution in [1.29, 1.82) is 0 Å². The van der Waals surface area contributed by atoms with Crippen molar-refractivity contribution in [2.24, 2.45) is 0 Å². The molecule has 0 fully saturated rings. The van der Waals surface area contributed by atoms with E-state index < -0.39 is 0 Å². The van der Waals surface area contributed by atoms with E-state index in [2.05, 4.69) is 39.4 Å². The Bertz CT molecular complexity index is 894. The quantitative estimate of drug-likeness (QED) is 0.802. The highest BCUT2D eigenvalue weighted by Gasteiger charge is 2.17. The van der Waals surface area contributed by atoms with Crippen LogP contribution in [0.15, 0.2) is 42.6 Å². The average Bonchev–Trinajstić information content (AvgIpc) is 2.61. The van der Waals surface area contributed by atoms with Crippen LogP contribution in [-0.4, -0.2) is 35.6 Å². The largest absolute Gasteiger partial charge is 0.495 e. The zero-order chi connectivity index (χ0) is 16.5. The number of hydrogen-bond donors (Lipinski definition) is 1. The van der Waals surface area contributed by atoms with Crippen molar-refractivity contribution < 1.29 is 4.74 Å². The Kier molecular flexibility index (Phi) is 3.78. The highest BCUT2D eigenvalue weighted by atomic mass is 16.5. The van der Waals surface area contributed by atoms with Gasteiger partial charge in [-0.05, 0) is 42.8 Å². The lowest BCUT2D eigenvalue weighted by Gasteiger charge is -2.26. The van der Waals surface area contributed by atoms with Gasteiger partial charge in [0.05, 0.1) is 18.3 Å². The third-order valence-electron chi connectivity index (χ3n) is 4.46. The molecule has 0 unspecified atom stereocenters. The molecule has 0 amide bonds. The second-order valence-electron chi connectivity index (χ2n) is 6.19. The van der Waals surface area contributed by atoms with Crippen LogP contribution in [0.25, 0.3) is 10.9 Å². The van der Waals surface area contributed by atoms with Crippen LogP contribution in [0.3, 0.4) is 0 Å². The van der Waals surface area contributed by atoms with E-state index in [9.17, 15) is 0 Å². The number of ether oxygens (including phenoxy) is 1. The van der Waals surface area contributed by atoms with Crippen LogP contribution >= 0.6 is 0 Å². The Balaban J connectivity index is 1.70. The van der Waals surface area contributed by atoms with Gasteiger partial charge in [-0.15, -0.1) is 0 Å². The molecule has 122 valence electrons. The third kappa shape index (κ3) is 2.78. The Hall–Kier alpha value is -2.66. The monoisotopic (exact) mass is 320 g/mol. The summed E-state index contributed by atoms with van der Waals surface area (Å²) >= 11 is 0. The van der Waals surface area contributed by atoms with Gasteiger partial charge in [0.15, 0.2) is 0 Å². The Morgan fingerprint density at radius 2 is 2.04 bits per heavy atom. The zero-order valence-corrected chi connectivity index (χ0v) is 13.9. The number of benzene rings is 2.